The van der Waals surface area contributed by atoms with E-state index < -0.39 is 0 Å². The number of hydrogen-bond acceptors (Lipinski definition) is 3. The van der Waals surface area contributed by atoms with Gasteiger partial charge in [0.2, 0.25) is 5.89 Å². The summed E-state index contributed by atoms with van der Waals surface area (Å²) < 4.78 is 5.80. The molecule has 0 saturated heterocycles. The van der Waals surface area contributed by atoms with Crippen molar-refractivity contribution < 1.29 is 4.42 Å². The molecule has 1 heterocycles. The molecule has 20 heavy (non-hydrogen) atoms. The van der Waals surface area contributed by atoms with E-state index in [1.165, 1.54) is 5.56 Å². The molecule has 0 bridgehead atoms. The van der Waals surface area contributed by atoms with Crippen molar-refractivity contribution in [2.75, 3.05) is 0 Å². The molecule has 0 aliphatic heterocycles. The molecule has 1 atom stereocenters. The Balaban J connectivity index is 2.16. The van der Waals surface area contributed by atoms with Gasteiger partial charge < -0.3 is 10.2 Å². The zero-order chi connectivity index (χ0) is 14.7. The van der Waals surface area contributed by atoms with Crippen LogP contribution < -0.4 is 5.73 Å². The average Bonchev–Trinajstić information content (AvgIpc) is 2.87. The molecule has 1 aromatic heterocycles. The van der Waals surface area contributed by atoms with Crippen LogP contribution in [0.2, 0.25) is 0 Å². The van der Waals surface area contributed by atoms with Crippen molar-refractivity contribution in [1.29, 1.82) is 0 Å². The molecule has 0 radical (unpaired) electrons. The Bertz CT molecular complexity index is 540. The minimum Gasteiger partial charge on any atom is -0.439 e. The van der Waals surface area contributed by atoms with Crippen LogP contribution in [0.1, 0.15) is 57.5 Å². The summed E-state index contributed by atoms with van der Waals surface area (Å²) >= 11 is 0. The van der Waals surface area contributed by atoms with Crippen LogP contribution in [0.5, 0.6) is 0 Å². The Morgan fingerprint density at radius 1 is 1.10 bits per heavy atom. The first-order valence-electron chi connectivity index (χ1n) is 7.29. The van der Waals surface area contributed by atoms with E-state index >= 15 is 0 Å². The van der Waals surface area contributed by atoms with Crippen molar-refractivity contribution in [1.82, 2.24) is 4.98 Å². The van der Waals surface area contributed by atoms with Gasteiger partial charge in [-0.2, -0.15) is 0 Å². The van der Waals surface area contributed by atoms with Crippen LogP contribution in [0.15, 0.2) is 34.9 Å². The molecule has 2 N–H and O–H groups in total. The highest BCUT2D eigenvalue weighted by molar-refractivity contribution is 5.56. The number of nitrogens with zero attached hydrogens (tertiary/aromatic N) is 1. The third-order valence-corrected chi connectivity index (χ3v) is 3.43. The fraction of sp³-hybridized carbons (Fsp3) is 0.471. The van der Waals surface area contributed by atoms with E-state index in [2.05, 4.69) is 56.9 Å². The van der Waals surface area contributed by atoms with Crippen LogP contribution in [-0.2, 0) is 0 Å². The lowest BCUT2D eigenvalue weighted by Gasteiger charge is -2.09. The summed E-state index contributed by atoms with van der Waals surface area (Å²) in [6.45, 7) is 8.67. The van der Waals surface area contributed by atoms with Gasteiger partial charge in [0.25, 0.3) is 0 Å². The molecule has 0 aliphatic carbocycles. The molecular formula is C17H24N2O. The topological polar surface area (TPSA) is 52.0 Å². The van der Waals surface area contributed by atoms with Crippen LogP contribution in [0.4, 0.5) is 0 Å². The number of benzene rings is 1. The van der Waals surface area contributed by atoms with E-state index in [-0.39, 0.29) is 6.04 Å². The van der Waals surface area contributed by atoms with E-state index in [4.69, 9.17) is 10.2 Å². The Hall–Kier alpha value is -1.61. The predicted molar refractivity (Wildman–Crippen MR) is 82.4 cm³/mol. The summed E-state index contributed by atoms with van der Waals surface area (Å²) in [6.07, 6.45) is 2.64. The van der Waals surface area contributed by atoms with E-state index in [0.29, 0.717) is 17.7 Å². The molecule has 0 amide bonds. The van der Waals surface area contributed by atoms with Crippen LogP contribution in [0.3, 0.4) is 0 Å². The molecule has 1 aromatic carbocycles. The van der Waals surface area contributed by atoms with Gasteiger partial charge >= 0.3 is 0 Å². The minimum absolute atomic E-state index is 0.126. The van der Waals surface area contributed by atoms with Gasteiger partial charge in [0, 0.05) is 5.56 Å². The second-order valence-electron chi connectivity index (χ2n) is 6.08. The smallest absolute Gasteiger partial charge is 0.211 e. The average molecular weight is 272 g/mol. The van der Waals surface area contributed by atoms with Gasteiger partial charge in [0.05, 0.1) is 12.2 Å². The van der Waals surface area contributed by atoms with E-state index in [1.807, 2.05) is 0 Å². The van der Waals surface area contributed by atoms with Crippen molar-refractivity contribution in [2.45, 2.75) is 46.1 Å². The molecule has 108 valence electrons. The van der Waals surface area contributed by atoms with Gasteiger partial charge in [0.1, 0.15) is 0 Å². The number of aromatic nitrogens is 1. The van der Waals surface area contributed by atoms with Crippen LogP contribution >= 0.6 is 0 Å². The fourth-order valence-electron chi connectivity index (χ4n) is 2.23. The van der Waals surface area contributed by atoms with Crippen molar-refractivity contribution >= 4 is 0 Å². The lowest BCUT2D eigenvalue weighted by molar-refractivity contribution is 0.408. The number of rotatable bonds is 5. The minimum atomic E-state index is -0.126. The first kappa shape index (κ1) is 14.8. The normalized spacial score (nSPS) is 13.2. The Labute approximate surface area is 121 Å². The summed E-state index contributed by atoms with van der Waals surface area (Å²) in [6, 6.07) is 8.30. The maximum absolute atomic E-state index is 6.09. The molecule has 2 rings (SSSR count). The van der Waals surface area contributed by atoms with Crippen LogP contribution in [0.25, 0.3) is 11.3 Å². The van der Waals surface area contributed by atoms with E-state index in [0.717, 1.165) is 17.7 Å². The van der Waals surface area contributed by atoms with Gasteiger partial charge in [-0.3, -0.25) is 0 Å². The molecular weight excluding hydrogens is 248 g/mol. The highest BCUT2D eigenvalue weighted by atomic mass is 16.4. The molecule has 0 spiro atoms. The maximum Gasteiger partial charge on any atom is 0.211 e. The summed E-state index contributed by atoms with van der Waals surface area (Å²) in [5, 5.41) is 0. The van der Waals surface area contributed by atoms with Gasteiger partial charge in [-0.1, -0.05) is 52.0 Å². The summed E-state index contributed by atoms with van der Waals surface area (Å²) in [7, 11) is 0. The van der Waals surface area contributed by atoms with Gasteiger partial charge in [-0.25, -0.2) is 4.98 Å². The Kier molecular flexibility index (Phi) is 4.61. The van der Waals surface area contributed by atoms with Gasteiger partial charge in [-0.05, 0) is 23.8 Å². The largest absolute Gasteiger partial charge is 0.439 e. The first-order chi connectivity index (χ1) is 9.47. The quantitative estimate of drug-likeness (QED) is 0.871. The lowest BCUT2D eigenvalue weighted by atomic mass is 10.0. The van der Waals surface area contributed by atoms with Crippen molar-refractivity contribution in [3.05, 3.63) is 41.9 Å². The van der Waals surface area contributed by atoms with E-state index in [9.17, 15) is 0 Å². The summed E-state index contributed by atoms with van der Waals surface area (Å²) in [5.74, 6) is 2.48. The monoisotopic (exact) mass is 272 g/mol. The summed E-state index contributed by atoms with van der Waals surface area (Å²) in [4.78, 5) is 4.31. The predicted octanol–water partition coefficient (Wildman–Crippen LogP) is 4.51. The second-order valence-corrected chi connectivity index (χ2v) is 6.08. The fourth-order valence-corrected chi connectivity index (χ4v) is 2.23. The molecule has 2 aromatic rings. The highest BCUT2D eigenvalue weighted by Gasteiger charge is 2.15. The first-order valence-corrected chi connectivity index (χ1v) is 7.29. The number of hydrogen-bond donors (Lipinski definition) is 1. The molecule has 3 nitrogen and oxygen atoms in total. The van der Waals surface area contributed by atoms with Gasteiger partial charge in [0.15, 0.2) is 5.76 Å². The third-order valence-electron chi connectivity index (χ3n) is 3.43. The molecule has 0 aliphatic rings. The lowest BCUT2D eigenvalue weighted by Crippen LogP contribution is -2.13. The van der Waals surface area contributed by atoms with Crippen LogP contribution in [-0.4, -0.2) is 4.98 Å². The molecule has 0 saturated carbocycles. The van der Waals surface area contributed by atoms with Crippen molar-refractivity contribution in [3.8, 4) is 11.3 Å². The van der Waals surface area contributed by atoms with Crippen molar-refractivity contribution in [2.24, 2.45) is 11.7 Å². The zero-order valence-electron chi connectivity index (χ0n) is 12.8. The SMILES string of the molecule is CC(C)CC(N)c1ncc(-c2ccc(C(C)C)cc2)o1. The van der Waals surface area contributed by atoms with Crippen molar-refractivity contribution in [3.63, 3.8) is 0 Å². The zero-order valence-corrected chi connectivity index (χ0v) is 12.8. The van der Waals surface area contributed by atoms with Gasteiger partial charge in [-0.15, -0.1) is 0 Å². The molecule has 3 heteroatoms. The Morgan fingerprint density at radius 2 is 1.75 bits per heavy atom. The third kappa shape index (κ3) is 3.48. The molecule has 1 unspecified atom stereocenters. The summed E-state index contributed by atoms with van der Waals surface area (Å²) in [5.41, 5.74) is 8.47. The van der Waals surface area contributed by atoms with E-state index in [1.54, 1.807) is 6.20 Å². The second kappa shape index (κ2) is 6.23. The standard InChI is InChI=1S/C17H24N2O/c1-11(2)9-15(18)17-19-10-16(20-17)14-7-5-13(6-8-14)12(3)4/h5-8,10-12,15H,9,18H2,1-4H3. The number of oxazole rings is 1. The molecule has 0 fully saturated rings. The number of nitrogens with two attached hydrogens (primary N) is 1. The van der Waals surface area contributed by atoms with Crippen LogP contribution in [0, 0.1) is 5.92 Å². The maximum atomic E-state index is 6.09. The highest BCUT2D eigenvalue weighted by Crippen LogP contribution is 2.26. The Morgan fingerprint density at radius 3 is 2.30 bits per heavy atom.